The quantitative estimate of drug-likeness (QED) is 0.626. The number of phenolic OH excluding ortho intramolecular Hbond substituents is 1. The summed E-state index contributed by atoms with van der Waals surface area (Å²) in [6.45, 7) is 4.48. The molecule has 1 aliphatic rings. The lowest BCUT2D eigenvalue weighted by molar-refractivity contribution is 0.0960. The van der Waals surface area contributed by atoms with Crippen molar-refractivity contribution >= 4 is 16.8 Å². The van der Waals surface area contributed by atoms with Crippen LogP contribution in [0.25, 0.3) is 10.9 Å². The molecule has 0 bridgehead atoms. The highest BCUT2D eigenvalue weighted by Crippen LogP contribution is 2.39. The molecule has 1 aliphatic heterocycles. The molecule has 3 aromatic rings. The largest absolute Gasteiger partial charge is 0.508 e. The Hall–Kier alpha value is -2.75. The van der Waals surface area contributed by atoms with Crippen LogP contribution in [0.3, 0.4) is 0 Å². The van der Waals surface area contributed by atoms with Crippen LogP contribution in [0.4, 0.5) is 0 Å². The molecule has 0 aliphatic carbocycles. The zero-order valence-electron chi connectivity index (χ0n) is 15.2. The van der Waals surface area contributed by atoms with Crippen molar-refractivity contribution in [1.82, 2.24) is 10.3 Å². The molecule has 0 fully saturated rings. The lowest BCUT2D eigenvalue weighted by Gasteiger charge is -2.17. The van der Waals surface area contributed by atoms with Crippen LogP contribution in [0, 0.1) is 5.92 Å². The van der Waals surface area contributed by atoms with E-state index < -0.39 is 0 Å². The molecule has 3 N–H and O–H groups in total. The third kappa shape index (κ3) is 2.75. The fourth-order valence-electron chi connectivity index (χ4n) is 4.16. The van der Waals surface area contributed by atoms with Crippen LogP contribution >= 0.6 is 0 Å². The van der Waals surface area contributed by atoms with E-state index in [1.165, 1.54) is 12.1 Å². The molecule has 4 heteroatoms. The van der Waals surface area contributed by atoms with Crippen molar-refractivity contribution in [3.8, 4) is 5.75 Å². The zero-order chi connectivity index (χ0) is 18.3. The van der Waals surface area contributed by atoms with Crippen molar-refractivity contribution in [2.24, 2.45) is 5.92 Å². The summed E-state index contributed by atoms with van der Waals surface area (Å²) in [5, 5.41) is 14.2. The average molecular weight is 348 g/mol. The van der Waals surface area contributed by atoms with Gasteiger partial charge in [0.2, 0.25) is 0 Å². The maximum atomic E-state index is 12.5. The summed E-state index contributed by atoms with van der Waals surface area (Å²) in [5.74, 6) is 0.668. The molecule has 4 rings (SSSR count). The first kappa shape index (κ1) is 16.7. The minimum atomic E-state index is -0.232. The number of aromatic nitrogens is 1. The first-order valence-electron chi connectivity index (χ1n) is 9.31. The van der Waals surface area contributed by atoms with Gasteiger partial charge in [-0.2, -0.15) is 0 Å². The maximum absolute atomic E-state index is 12.5. The lowest BCUT2D eigenvalue weighted by Crippen LogP contribution is -2.21. The van der Waals surface area contributed by atoms with Crippen LogP contribution in [0.15, 0.2) is 42.5 Å². The van der Waals surface area contributed by atoms with E-state index in [-0.39, 0.29) is 17.7 Å². The summed E-state index contributed by atoms with van der Waals surface area (Å²) in [7, 11) is 0. The summed E-state index contributed by atoms with van der Waals surface area (Å²) >= 11 is 0. The Bertz CT molecular complexity index is 973. The number of amides is 1. The number of nitrogens with one attached hydrogen (secondary N) is 2. The summed E-state index contributed by atoms with van der Waals surface area (Å²) < 4.78 is 0. The van der Waals surface area contributed by atoms with E-state index in [1.807, 2.05) is 12.1 Å². The Labute approximate surface area is 153 Å². The standard InChI is InChI=1S/C22H24N2O2/c1-3-6-13(2)11-19-20(16-7-4-5-8-18(16)23-19)21-17-12-14(25)9-10-15(17)22(26)24-21/h4-5,7-10,12-13,21,23,25H,3,6,11H2,1-2H3,(H,24,26). The molecule has 134 valence electrons. The van der Waals surface area contributed by atoms with Gasteiger partial charge in [0.1, 0.15) is 5.75 Å². The molecule has 0 saturated heterocycles. The maximum Gasteiger partial charge on any atom is 0.252 e. The number of hydrogen-bond acceptors (Lipinski definition) is 2. The number of phenols is 1. The topological polar surface area (TPSA) is 65.1 Å². The van der Waals surface area contributed by atoms with Gasteiger partial charge in [-0.3, -0.25) is 4.79 Å². The zero-order valence-corrected chi connectivity index (χ0v) is 15.2. The van der Waals surface area contributed by atoms with Crippen LogP contribution < -0.4 is 5.32 Å². The fourth-order valence-corrected chi connectivity index (χ4v) is 4.16. The van der Waals surface area contributed by atoms with E-state index in [9.17, 15) is 9.90 Å². The second kappa shape index (κ2) is 6.52. The Kier molecular flexibility index (Phi) is 4.19. The van der Waals surface area contributed by atoms with E-state index in [0.29, 0.717) is 11.5 Å². The summed E-state index contributed by atoms with van der Waals surface area (Å²) in [6, 6.07) is 13.0. The molecule has 26 heavy (non-hydrogen) atoms. The van der Waals surface area contributed by atoms with E-state index in [4.69, 9.17) is 0 Å². The Morgan fingerprint density at radius 1 is 1.19 bits per heavy atom. The number of carbonyl (C=O) groups is 1. The summed E-state index contributed by atoms with van der Waals surface area (Å²) in [6.07, 6.45) is 3.27. The number of carbonyl (C=O) groups excluding carboxylic acids is 1. The number of aromatic hydroxyl groups is 1. The van der Waals surface area contributed by atoms with Gasteiger partial charge >= 0.3 is 0 Å². The minimum absolute atomic E-state index is 0.0807. The molecule has 2 atom stereocenters. The van der Waals surface area contributed by atoms with Crippen molar-refractivity contribution in [1.29, 1.82) is 0 Å². The van der Waals surface area contributed by atoms with Gasteiger partial charge in [0.15, 0.2) is 0 Å². The van der Waals surface area contributed by atoms with Crippen molar-refractivity contribution in [2.75, 3.05) is 0 Å². The first-order valence-corrected chi connectivity index (χ1v) is 9.31. The predicted octanol–water partition coefficient (Wildman–Crippen LogP) is 4.69. The smallest absolute Gasteiger partial charge is 0.252 e. The van der Waals surface area contributed by atoms with Gasteiger partial charge in [0, 0.05) is 27.7 Å². The van der Waals surface area contributed by atoms with E-state index in [0.717, 1.165) is 34.9 Å². The fraction of sp³-hybridized carbons (Fsp3) is 0.318. The van der Waals surface area contributed by atoms with Crippen molar-refractivity contribution in [3.05, 3.63) is 64.8 Å². The molecule has 2 heterocycles. The molecule has 0 spiro atoms. The van der Waals surface area contributed by atoms with Crippen molar-refractivity contribution in [2.45, 2.75) is 39.2 Å². The average Bonchev–Trinajstić information content (AvgIpc) is 3.12. The highest BCUT2D eigenvalue weighted by molar-refractivity contribution is 6.01. The van der Waals surface area contributed by atoms with Gasteiger partial charge in [-0.15, -0.1) is 0 Å². The van der Waals surface area contributed by atoms with Gasteiger partial charge < -0.3 is 15.4 Å². The second-order valence-electron chi connectivity index (χ2n) is 7.34. The SMILES string of the molecule is CCCC(C)Cc1[nH]c2ccccc2c1C1NC(=O)c2ccc(O)cc21. The van der Waals surface area contributed by atoms with E-state index >= 15 is 0 Å². The Balaban J connectivity index is 1.86. The van der Waals surface area contributed by atoms with Gasteiger partial charge in [-0.1, -0.05) is 44.9 Å². The molecule has 1 aromatic heterocycles. The number of para-hydroxylation sites is 1. The first-order chi connectivity index (χ1) is 12.6. The van der Waals surface area contributed by atoms with Crippen LogP contribution in [0.5, 0.6) is 5.75 Å². The molecule has 2 unspecified atom stereocenters. The molecular weight excluding hydrogens is 324 g/mol. The van der Waals surface area contributed by atoms with Crippen LogP contribution in [0.2, 0.25) is 0 Å². The van der Waals surface area contributed by atoms with Crippen LogP contribution in [0.1, 0.15) is 59.9 Å². The van der Waals surface area contributed by atoms with Gasteiger partial charge in [-0.25, -0.2) is 0 Å². The predicted molar refractivity (Wildman–Crippen MR) is 103 cm³/mol. The minimum Gasteiger partial charge on any atom is -0.508 e. The molecular formula is C22H24N2O2. The number of fused-ring (bicyclic) bond motifs is 2. The van der Waals surface area contributed by atoms with Gasteiger partial charge in [-0.05, 0) is 42.2 Å². The lowest BCUT2D eigenvalue weighted by atomic mass is 9.91. The normalized spacial score (nSPS) is 17.3. The number of benzene rings is 2. The number of aromatic amines is 1. The van der Waals surface area contributed by atoms with Gasteiger partial charge in [0.25, 0.3) is 5.91 Å². The molecule has 0 radical (unpaired) electrons. The highest BCUT2D eigenvalue weighted by Gasteiger charge is 2.33. The van der Waals surface area contributed by atoms with E-state index in [1.54, 1.807) is 18.2 Å². The third-order valence-corrected chi connectivity index (χ3v) is 5.32. The monoisotopic (exact) mass is 348 g/mol. The third-order valence-electron chi connectivity index (χ3n) is 5.32. The summed E-state index contributed by atoms with van der Waals surface area (Å²) in [4.78, 5) is 16.0. The Morgan fingerprint density at radius 3 is 2.81 bits per heavy atom. The number of hydrogen-bond donors (Lipinski definition) is 3. The van der Waals surface area contributed by atoms with Crippen LogP contribution in [-0.4, -0.2) is 16.0 Å². The second-order valence-corrected chi connectivity index (χ2v) is 7.34. The van der Waals surface area contributed by atoms with Gasteiger partial charge in [0.05, 0.1) is 6.04 Å². The van der Waals surface area contributed by atoms with Crippen LogP contribution in [-0.2, 0) is 6.42 Å². The number of rotatable bonds is 5. The van der Waals surface area contributed by atoms with Crippen molar-refractivity contribution < 1.29 is 9.90 Å². The molecule has 2 aromatic carbocycles. The molecule has 4 nitrogen and oxygen atoms in total. The van der Waals surface area contributed by atoms with E-state index in [2.05, 4.69) is 36.3 Å². The number of H-pyrrole nitrogens is 1. The van der Waals surface area contributed by atoms with Crippen molar-refractivity contribution in [3.63, 3.8) is 0 Å². The molecule has 1 amide bonds. The molecule has 0 saturated carbocycles. The summed E-state index contributed by atoms with van der Waals surface area (Å²) in [5.41, 5.74) is 4.88. The Morgan fingerprint density at radius 2 is 2.00 bits per heavy atom. The highest BCUT2D eigenvalue weighted by atomic mass is 16.3.